The van der Waals surface area contributed by atoms with Gasteiger partial charge in [0.05, 0.1) is 0 Å². The van der Waals surface area contributed by atoms with E-state index in [1.54, 1.807) is 0 Å². The number of aldehydes is 1. The molecule has 0 aliphatic rings. The number of carboxylic acids is 1. The fourth-order valence-electron chi connectivity index (χ4n) is 1.32. The van der Waals surface area contributed by atoms with E-state index in [1.807, 2.05) is 0 Å². The van der Waals surface area contributed by atoms with E-state index < -0.39 is 61.3 Å². The maximum atomic E-state index is 11.4. The molecule has 0 amide bonds. The van der Waals surface area contributed by atoms with Gasteiger partial charge >= 0.3 is 11.9 Å². The highest BCUT2D eigenvalue weighted by molar-refractivity contribution is 5.76. The van der Waals surface area contributed by atoms with Crippen molar-refractivity contribution < 1.29 is 60.0 Å². The summed E-state index contributed by atoms with van der Waals surface area (Å²) in [4.78, 5) is 31.9. The molecule has 0 saturated carbocycles. The number of ether oxygens (including phenoxy) is 1. The molecule has 0 aromatic heterocycles. The Balaban J connectivity index is 4.55. The molecule has 0 aromatic carbocycles. The number of carbonyl (C=O) groups is 3. The molecule has 0 spiro atoms. The molecule has 0 aromatic rings. The second-order valence-electron chi connectivity index (χ2n) is 4.52. The van der Waals surface area contributed by atoms with Crippen LogP contribution in [0.4, 0.5) is 0 Å². The van der Waals surface area contributed by atoms with E-state index in [0.717, 1.165) is 0 Å². The van der Waals surface area contributed by atoms with Crippen LogP contribution in [0.25, 0.3) is 0 Å². The Morgan fingerprint density at radius 3 is 1.78 bits per heavy atom. The van der Waals surface area contributed by atoms with E-state index in [0.29, 0.717) is 0 Å². The summed E-state index contributed by atoms with van der Waals surface area (Å²) in [5.41, 5.74) is 0. The predicted molar refractivity (Wildman–Crippen MR) is 66.7 cm³/mol. The van der Waals surface area contributed by atoms with Gasteiger partial charge in [0.2, 0.25) is 0 Å². The van der Waals surface area contributed by atoms with Crippen molar-refractivity contribution in [3.8, 4) is 0 Å². The largest absolute Gasteiger partial charge is 0.479 e. The molecule has 0 fully saturated rings. The summed E-state index contributed by atoms with van der Waals surface area (Å²) in [6, 6.07) is 0. The van der Waals surface area contributed by atoms with Crippen molar-refractivity contribution in [3.63, 3.8) is 0 Å². The van der Waals surface area contributed by atoms with Crippen LogP contribution in [0.3, 0.4) is 0 Å². The molecule has 134 valence electrons. The molecule has 12 heteroatoms. The Kier molecular flexibility index (Phi) is 8.78. The molecule has 0 bridgehead atoms. The lowest BCUT2D eigenvalue weighted by Gasteiger charge is -2.24. The topological polar surface area (TPSA) is 222 Å². The number of rotatable bonds is 10. The molecule has 0 aliphatic carbocycles. The highest BCUT2D eigenvalue weighted by Gasteiger charge is 2.38. The van der Waals surface area contributed by atoms with Crippen LogP contribution in [-0.2, 0) is 19.1 Å². The molecule has 23 heavy (non-hydrogen) atoms. The SMILES string of the molecule is O=C[C@H](O)[C@H](O)[C@H](O)COC(=O)[C@H](O)[C@@H](O)[C@H](O)[C@H](O)C(=O)O. The van der Waals surface area contributed by atoms with Crippen LogP contribution in [-0.4, -0.2) is 108 Å². The zero-order valence-electron chi connectivity index (χ0n) is 11.5. The monoisotopic (exact) mass is 342 g/mol. The van der Waals surface area contributed by atoms with Gasteiger partial charge in [-0.1, -0.05) is 0 Å². The average molecular weight is 342 g/mol. The molecular formula is C11H18O12. The zero-order valence-corrected chi connectivity index (χ0v) is 11.5. The summed E-state index contributed by atoms with van der Waals surface area (Å²) in [6.45, 7) is -0.994. The van der Waals surface area contributed by atoms with Crippen molar-refractivity contribution in [2.24, 2.45) is 0 Å². The minimum atomic E-state index is -2.48. The fourth-order valence-corrected chi connectivity index (χ4v) is 1.32. The molecular weight excluding hydrogens is 324 g/mol. The maximum Gasteiger partial charge on any atom is 0.337 e. The van der Waals surface area contributed by atoms with E-state index in [2.05, 4.69) is 4.74 Å². The van der Waals surface area contributed by atoms with Crippen LogP contribution in [0.2, 0.25) is 0 Å². The number of hydrogen-bond donors (Lipinski definition) is 8. The van der Waals surface area contributed by atoms with Gasteiger partial charge in [0, 0.05) is 0 Å². The van der Waals surface area contributed by atoms with E-state index >= 15 is 0 Å². The fraction of sp³-hybridized carbons (Fsp3) is 0.727. The second kappa shape index (κ2) is 9.46. The Morgan fingerprint density at radius 2 is 1.35 bits per heavy atom. The maximum absolute atomic E-state index is 11.4. The average Bonchev–Trinajstić information content (AvgIpc) is 2.54. The van der Waals surface area contributed by atoms with Gasteiger partial charge in [0.1, 0.15) is 37.1 Å². The highest BCUT2D eigenvalue weighted by atomic mass is 16.6. The third-order valence-corrected chi connectivity index (χ3v) is 2.77. The summed E-state index contributed by atoms with van der Waals surface area (Å²) in [7, 11) is 0. The molecule has 8 N–H and O–H groups in total. The highest BCUT2D eigenvalue weighted by Crippen LogP contribution is 2.08. The third kappa shape index (κ3) is 6.15. The van der Waals surface area contributed by atoms with Gasteiger partial charge in [-0.3, -0.25) is 0 Å². The molecule has 0 rings (SSSR count). The normalized spacial score (nSPS) is 20.5. The minimum Gasteiger partial charge on any atom is -0.479 e. The van der Waals surface area contributed by atoms with Crippen molar-refractivity contribution in [2.75, 3.05) is 6.61 Å². The summed E-state index contributed by atoms with van der Waals surface area (Å²) < 4.78 is 4.27. The first kappa shape index (κ1) is 21.3. The van der Waals surface area contributed by atoms with Crippen molar-refractivity contribution in [1.82, 2.24) is 0 Å². The first-order valence-electron chi connectivity index (χ1n) is 6.15. The summed E-state index contributed by atoms with van der Waals surface area (Å²) in [5.74, 6) is -3.54. The number of esters is 1. The van der Waals surface area contributed by atoms with E-state index in [-0.39, 0.29) is 6.29 Å². The van der Waals surface area contributed by atoms with Gasteiger partial charge in [0.15, 0.2) is 18.5 Å². The lowest BCUT2D eigenvalue weighted by Crippen LogP contribution is -2.51. The van der Waals surface area contributed by atoms with Crippen LogP contribution < -0.4 is 0 Å². The Bertz CT molecular complexity index is 412. The second-order valence-corrected chi connectivity index (χ2v) is 4.52. The summed E-state index contributed by atoms with van der Waals surface area (Å²) in [6.07, 6.45) is -15.7. The lowest BCUT2D eigenvalue weighted by atomic mass is 10.0. The molecule has 0 saturated heterocycles. The van der Waals surface area contributed by atoms with Crippen LogP contribution >= 0.6 is 0 Å². The standard InChI is InChI=1S/C11H18O12/c12-1-3(13)5(15)4(14)2-23-11(22)9(19)7(17)6(16)8(18)10(20)21/h1,3-9,13-19H,2H2,(H,20,21)/t3-,4+,5-,6-,7-,8-,9+/m0/s1. The zero-order chi connectivity index (χ0) is 18.3. The van der Waals surface area contributed by atoms with Crippen molar-refractivity contribution in [1.29, 1.82) is 0 Å². The van der Waals surface area contributed by atoms with Crippen LogP contribution in [0.15, 0.2) is 0 Å². The van der Waals surface area contributed by atoms with Gasteiger partial charge < -0.3 is 50.4 Å². The quantitative estimate of drug-likeness (QED) is 0.137. The van der Waals surface area contributed by atoms with Crippen molar-refractivity contribution in [3.05, 3.63) is 0 Å². The van der Waals surface area contributed by atoms with Crippen molar-refractivity contribution >= 4 is 18.2 Å². The van der Waals surface area contributed by atoms with E-state index in [4.69, 9.17) is 15.3 Å². The third-order valence-electron chi connectivity index (χ3n) is 2.77. The minimum absolute atomic E-state index is 0.0854. The van der Waals surface area contributed by atoms with Crippen LogP contribution in [0.1, 0.15) is 0 Å². The first-order chi connectivity index (χ1) is 10.5. The number of aliphatic carboxylic acids is 1. The van der Waals surface area contributed by atoms with E-state index in [9.17, 15) is 39.9 Å². The van der Waals surface area contributed by atoms with E-state index in [1.165, 1.54) is 0 Å². The number of carboxylic acid groups (broad SMARTS) is 1. The van der Waals surface area contributed by atoms with Gasteiger partial charge in [0.25, 0.3) is 0 Å². The molecule has 0 aliphatic heterocycles. The van der Waals surface area contributed by atoms with Gasteiger partial charge in [-0.05, 0) is 0 Å². The number of carbonyl (C=O) groups excluding carboxylic acids is 2. The smallest absolute Gasteiger partial charge is 0.337 e. The number of hydrogen-bond acceptors (Lipinski definition) is 11. The molecule has 0 heterocycles. The Hall–Kier alpha value is -1.67. The molecule has 7 atom stereocenters. The number of aliphatic hydroxyl groups is 7. The van der Waals surface area contributed by atoms with Gasteiger partial charge in [-0.25, -0.2) is 9.59 Å². The molecule has 0 radical (unpaired) electrons. The number of aliphatic hydroxyl groups excluding tert-OH is 7. The lowest BCUT2D eigenvalue weighted by molar-refractivity contribution is -0.179. The van der Waals surface area contributed by atoms with Crippen LogP contribution in [0, 0.1) is 0 Å². The molecule has 0 unspecified atom stereocenters. The van der Waals surface area contributed by atoms with Crippen molar-refractivity contribution in [2.45, 2.75) is 42.7 Å². The van der Waals surface area contributed by atoms with Crippen LogP contribution in [0.5, 0.6) is 0 Å². The predicted octanol–water partition coefficient (Wildman–Crippen LogP) is -5.66. The summed E-state index contributed by atoms with van der Waals surface area (Å²) >= 11 is 0. The Labute approximate surface area is 128 Å². The summed E-state index contributed by atoms with van der Waals surface area (Å²) in [5, 5.41) is 72.7. The Morgan fingerprint density at radius 1 is 0.870 bits per heavy atom. The molecule has 12 nitrogen and oxygen atoms in total. The first-order valence-corrected chi connectivity index (χ1v) is 6.15. The van der Waals surface area contributed by atoms with Gasteiger partial charge in [-0.15, -0.1) is 0 Å². The van der Waals surface area contributed by atoms with Gasteiger partial charge in [-0.2, -0.15) is 0 Å².